The van der Waals surface area contributed by atoms with Crippen LogP contribution in [0.15, 0.2) is 0 Å². The lowest BCUT2D eigenvalue weighted by molar-refractivity contribution is -0.170. The molecule has 9 nitrogen and oxygen atoms in total. The second-order valence-electron chi connectivity index (χ2n) is 8.30. The van der Waals surface area contributed by atoms with Crippen LogP contribution in [0.25, 0.3) is 0 Å². The Hall–Kier alpha value is -2.16. The van der Waals surface area contributed by atoms with Gasteiger partial charge in [-0.05, 0) is 20.3 Å². The quantitative estimate of drug-likeness (QED) is 0.171. The van der Waals surface area contributed by atoms with Crippen molar-refractivity contribution in [3.63, 3.8) is 0 Å². The van der Waals surface area contributed by atoms with Gasteiger partial charge in [0.25, 0.3) is 0 Å². The standard InChI is InChI=1S/C17H34O2.C6H8O7/c1-4-5-6-7-8-9-10-11-12-13-14-15-17(18)19-16(2)3;7-3(8)1-6(13,5(11)12)2-4(9)10/h16H,4-15H2,1-3H3;13H,1-2H2,(H,7,8)(H,9,10)(H,11,12). The Balaban J connectivity index is 0. The normalized spacial score (nSPS) is 10.9. The first-order chi connectivity index (χ1) is 14.9. The van der Waals surface area contributed by atoms with Crippen molar-refractivity contribution in [3.8, 4) is 0 Å². The Labute approximate surface area is 191 Å². The van der Waals surface area contributed by atoms with Gasteiger partial charge in [-0.1, -0.05) is 71.1 Å². The maximum Gasteiger partial charge on any atom is 0.336 e. The fourth-order valence-electron chi connectivity index (χ4n) is 2.97. The van der Waals surface area contributed by atoms with E-state index in [4.69, 9.17) is 25.2 Å². The molecule has 0 atom stereocenters. The van der Waals surface area contributed by atoms with Crippen molar-refractivity contribution < 1.29 is 44.3 Å². The molecule has 0 aromatic carbocycles. The number of esters is 1. The monoisotopic (exact) mass is 462 g/mol. The van der Waals surface area contributed by atoms with Crippen molar-refractivity contribution in [2.24, 2.45) is 0 Å². The number of aliphatic hydroxyl groups is 1. The molecule has 0 radical (unpaired) electrons. The van der Waals surface area contributed by atoms with E-state index < -0.39 is 36.4 Å². The molecule has 0 rings (SSSR count). The van der Waals surface area contributed by atoms with Crippen molar-refractivity contribution in [1.29, 1.82) is 0 Å². The van der Waals surface area contributed by atoms with Crippen molar-refractivity contribution in [2.75, 3.05) is 0 Å². The molecular formula is C23H42O9. The van der Waals surface area contributed by atoms with Crippen LogP contribution in [0.4, 0.5) is 0 Å². The van der Waals surface area contributed by atoms with Gasteiger partial charge in [0.05, 0.1) is 18.9 Å². The lowest BCUT2D eigenvalue weighted by atomic mass is 9.96. The predicted molar refractivity (Wildman–Crippen MR) is 119 cm³/mol. The molecular weight excluding hydrogens is 420 g/mol. The number of hydrogen-bond acceptors (Lipinski definition) is 6. The number of aliphatic carboxylic acids is 3. The van der Waals surface area contributed by atoms with Crippen LogP contribution < -0.4 is 0 Å². The van der Waals surface area contributed by atoms with Gasteiger partial charge in [-0.15, -0.1) is 0 Å². The highest BCUT2D eigenvalue weighted by molar-refractivity contribution is 5.88. The fraction of sp³-hybridized carbons (Fsp3) is 0.826. The Morgan fingerprint density at radius 1 is 0.719 bits per heavy atom. The molecule has 0 aliphatic heterocycles. The number of carboxylic acid groups (broad SMARTS) is 3. The number of unbranched alkanes of at least 4 members (excludes halogenated alkanes) is 10. The van der Waals surface area contributed by atoms with E-state index in [-0.39, 0.29) is 12.1 Å². The van der Waals surface area contributed by atoms with Crippen LogP contribution in [-0.4, -0.2) is 56.0 Å². The van der Waals surface area contributed by atoms with E-state index in [0.29, 0.717) is 6.42 Å². The summed E-state index contributed by atoms with van der Waals surface area (Å²) in [5, 5.41) is 33.8. The fourth-order valence-corrected chi connectivity index (χ4v) is 2.97. The lowest BCUT2D eigenvalue weighted by Gasteiger charge is -2.18. The average molecular weight is 463 g/mol. The number of ether oxygens (including phenoxy) is 1. The zero-order valence-corrected chi connectivity index (χ0v) is 19.8. The third-order valence-electron chi connectivity index (χ3n) is 4.64. The molecule has 9 heteroatoms. The zero-order chi connectivity index (χ0) is 25.0. The largest absolute Gasteiger partial charge is 0.481 e. The zero-order valence-electron chi connectivity index (χ0n) is 19.8. The molecule has 0 saturated heterocycles. The minimum Gasteiger partial charge on any atom is -0.481 e. The molecule has 0 fully saturated rings. The third-order valence-corrected chi connectivity index (χ3v) is 4.64. The molecule has 4 N–H and O–H groups in total. The maximum atomic E-state index is 11.3. The van der Waals surface area contributed by atoms with Crippen LogP contribution in [0.5, 0.6) is 0 Å². The van der Waals surface area contributed by atoms with Gasteiger partial charge in [0.2, 0.25) is 0 Å². The first-order valence-electron chi connectivity index (χ1n) is 11.5. The molecule has 0 aromatic rings. The molecule has 0 aromatic heterocycles. The summed E-state index contributed by atoms with van der Waals surface area (Å²) in [6.45, 7) is 6.06. The van der Waals surface area contributed by atoms with Gasteiger partial charge in [0.1, 0.15) is 0 Å². The first-order valence-corrected chi connectivity index (χ1v) is 11.5. The number of carbonyl (C=O) groups is 4. The molecule has 0 saturated carbocycles. The lowest BCUT2D eigenvalue weighted by Crippen LogP contribution is -2.42. The van der Waals surface area contributed by atoms with E-state index in [2.05, 4.69) is 6.92 Å². The van der Waals surface area contributed by atoms with E-state index in [9.17, 15) is 19.2 Å². The van der Waals surface area contributed by atoms with Gasteiger partial charge in [-0.25, -0.2) is 4.79 Å². The van der Waals surface area contributed by atoms with Gasteiger partial charge in [0.15, 0.2) is 5.60 Å². The molecule has 0 aliphatic carbocycles. The summed E-state index contributed by atoms with van der Waals surface area (Å²) in [6, 6.07) is 0. The van der Waals surface area contributed by atoms with Gasteiger partial charge in [-0.3, -0.25) is 14.4 Å². The van der Waals surface area contributed by atoms with E-state index >= 15 is 0 Å². The summed E-state index contributed by atoms with van der Waals surface area (Å²) >= 11 is 0. The van der Waals surface area contributed by atoms with Crippen LogP contribution in [0.2, 0.25) is 0 Å². The number of hydrogen-bond donors (Lipinski definition) is 4. The highest BCUT2D eigenvalue weighted by Gasteiger charge is 2.40. The van der Waals surface area contributed by atoms with E-state index in [0.717, 1.165) is 6.42 Å². The Kier molecular flexibility index (Phi) is 19.5. The highest BCUT2D eigenvalue weighted by Crippen LogP contribution is 2.16. The van der Waals surface area contributed by atoms with Gasteiger partial charge in [-0.2, -0.15) is 0 Å². The minimum absolute atomic E-state index is 0.0280. The van der Waals surface area contributed by atoms with E-state index in [1.54, 1.807) is 0 Å². The molecule has 0 aliphatic rings. The molecule has 32 heavy (non-hydrogen) atoms. The van der Waals surface area contributed by atoms with Gasteiger partial charge < -0.3 is 25.2 Å². The Morgan fingerprint density at radius 2 is 1.09 bits per heavy atom. The number of carbonyl (C=O) groups excluding carboxylic acids is 1. The first kappa shape index (κ1) is 32.0. The summed E-state index contributed by atoms with van der Waals surface area (Å²) in [4.78, 5) is 41.8. The second-order valence-corrected chi connectivity index (χ2v) is 8.30. The molecule has 188 valence electrons. The molecule has 0 unspecified atom stereocenters. The summed E-state index contributed by atoms with van der Waals surface area (Å²) in [5.74, 6) is -5.06. The highest BCUT2D eigenvalue weighted by atomic mass is 16.5. The Morgan fingerprint density at radius 3 is 1.41 bits per heavy atom. The molecule has 0 amide bonds. The van der Waals surface area contributed by atoms with Crippen molar-refractivity contribution in [1.82, 2.24) is 0 Å². The number of rotatable bonds is 18. The van der Waals surface area contributed by atoms with Crippen LogP contribution in [0.1, 0.15) is 111 Å². The van der Waals surface area contributed by atoms with E-state index in [1.807, 2.05) is 13.8 Å². The van der Waals surface area contributed by atoms with Crippen LogP contribution in [0, 0.1) is 0 Å². The summed E-state index contributed by atoms with van der Waals surface area (Å²) in [7, 11) is 0. The summed E-state index contributed by atoms with van der Waals surface area (Å²) in [5.41, 5.74) is -2.74. The summed E-state index contributed by atoms with van der Waals surface area (Å²) < 4.78 is 5.10. The van der Waals surface area contributed by atoms with Gasteiger partial charge in [0, 0.05) is 6.42 Å². The molecule has 0 bridgehead atoms. The topological polar surface area (TPSA) is 158 Å². The average Bonchev–Trinajstić information content (AvgIpc) is 2.64. The SMILES string of the molecule is CCCCCCCCCCCCCC(=O)OC(C)C.O=C(O)CC(O)(CC(=O)O)C(=O)O. The van der Waals surface area contributed by atoms with E-state index in [1.165, 1.54) is 64.2 Å². The van der Waals surface area contributed by atoms with Crippen LogP contribution >= 0.6 is 0 Å². The smallest absolute Gasteiger partial charge is 0.336 e. The van der Waals surface area contributed by atoms with Crippen molar-refractivity contribution in [2.45, 2.75) is 122 Å². The van der Waals surface area contributed by atoms with Crippen LogP contribution in [-0.2, 0) is 23.9 Å². The number of carboxylic acids is 3. The maximum absolute atomic E-state index is 11.3. The Bertz CT molecular complexity index is 528. The second kappa shape index (κ2) is 19.5. The predicted octanol–water partition coefficient (Wildman–Crippen LogP) is 4.39. The molecule has 0 heterocycles. The molecule has 0 spiro atoms. The summed E-state index contributed by atoms with van der Waals surface area (Å²) in [6.07, 6.45) is 12.8. The van der Waals surface area contributed by atoms with Crippen molar-refractivity contribution >= 4 is 23.9 Å². The van der Waals surface area contributed by atoms with Crippen LogP contribution in [0.3, 0.4) is 0 Å². The minimum atomic E-state index is -2.74. The third kappa shape index (κ3) is 21.1. The van der Waals surface area contributed by atoms with Crippen molar-refractivity contribution in [3.05, 3.63) is 0 Å². The van der Waals surface area contributed by atoms with Gasteiger partial charge >= 0.3 is 23.9 Å².